The molecule has 5 aliphatic rings. The van der Waals surface area contributed by atoms with E-state index in [9.17, 15) is 4.79 Å². The van der Waals surface area contributed by atoms with Crippen LogP contribution < -0.4 is 10.1 Å². The summed E-state index contributed by atoms with van der Waals surface area (Å²) >= 11 is 0. The van der Waals surface area contributed by atoms with Gasteiger partial charge in [0.25, 0.3) is 0 Å². The topological polar surface area (TPSA) is 60.0 Å². The standard InChI is InChI=1S/C25H36N2O4/c28-25(24-7-3-4-15-29-24)26-21-12-13-27-14-16-30-23-6-2-1-5-20(23)18-8-10-19(11-9-18)31-17-22(21)27/h1-2,5-6,18-19,21-22,24H,3-4,7-17H2,(H,26,28)/t18?,19?,21-,22-,24-/m0/s1. The lowest BCUT2D eigenvalue weighted by Gasteiger charge is -2.33. The Hall–Kier alpha value is -1.63. The number of nitrogens with one attached hydrogen (secondary N) is 1. The Labute approximate surface area is 185 Å². The number of ether oxygens (including phenoxy) is 3. The highest BCUT2D eigenvalue weighted by molar-refractivity contribution is 5.81. The van der Waals surface area contributed by atoms with Crippen LogP contribution in [0.2, 0.25) is 0 Å². The highest BCUT2D eigenvalue weighted by Gasteiger charge is 2.38. The predicted molar refractivity (Wildman–Crippen MR) is 118 cm³/mol. The summed E-state index contributed by atoms with van der Waals surface area (Å²) in [5, 5.41) is 3.30. The molecule has 1 aliphatic carbocycles. The Bertz CT molecular complexity index is 743. The number of hydrogen-bond acceptors (Lipinski definition) is 5. The quantitative estimate of drug-likeness (QED) is 0.784. The molecule has 4 heterocycles. The number of carbonyl (C=O) groups is 1. The smallest absolute Gasteiger partial charge is 0.249 e. The second-order valence-corrected chi connectivity index (χ2v) is 9.56. The second-order valence-electron chi connectivity index (χ2n) is 9.56. The number of para-hydroxylation sites is 1. The monoisotopic (exact) mass is 428 g/mol. The third kappa shape index (κ3) is 4.91. The molecule has 3 atom stereocenters. The summed E-state index contributed by atoms with van der Waals surface area (Å²) in [6, 6.07) is 8.87. The highest BCUT2D eigenvalue weighted by Crippen LogP contribution is 2.38. The van der Waals surface area contributed by atoms with Crippen molar-refractivity contribution in [3.8, 4) is 5.75 Å². The molecule has 1 amide bonds. The van der Waals surface area contributed by atoms with E-state index in [1.165, 1.54) is 5.56 Å². The number of hydrogen-bond donors (Lipinski definition) is 1. The van der Waals surface area contributed by atoms with Crippen LogP contribution in [0.25, 0.3) is 0 Å². The van der Waals surface area contributed by atoms with Gasteiger partial charge in [0.15, 0.2) is 0 Å². The van der Waals surface area contributed by atoms with Gasteiger partial charge in [-0.3, -0.25) is 9.69 Å². The van der Waals surface area contributed by atoms with Crippen LogP contribution >= 0.6 is 0 Å². The summed E-state index contributed by atoms with van der Waals surface area (Å²) in [5.41, 5.74) is 1.36. The molecule has 170 valence electrons. The van der Waals surface area contributed by atoms with Crippen molar-refractivity contribution < 1.29 is 19.0 Å². The van der Waals surface area contributed by atoms with Crippen molar-refractivity contribution >= 4 is 5.91 Å². The molecule has 2 saturated heterocycles. The lowest BCUT2D eigenvalue weighted by Crippen LogP contribution is -2.51. The number of nitrogens with zero attached hydrogens (tertiary/aromatic N) is 1. The fourth-order valence-corrected chi connectivity index (χ4v) is 5.81. The van der Waals surface area contributed by atoms with Gasteiger partial charge in [-0.25, -0.2) is 0 Å². The number of carbonyl (C=O) groups excluding carboxylic acids is 1. The zero-order valence-electron chi connectivity index (χ0n) is 18.5. The SMILES string of the molecule is O=C(N[C@H]1CCN2CCOc3ccccc3C3CCC(CC3)OC[C@@H]12)[C@@H]1CCCCO1. The van der Waals surface area contributed by atoms with Gasteiger partial charge in [-0.2, -0.15) is 0 Å². The number of rotatable bonds is 2. The molecule has 6 rings (SSSR count). The zero-order chi connectivity index (χ0) is 21.0. The summed E-state index contributed by atoms with van der Waals surface area (Å²) in [5.74, 6) is 1.67. The van der Waals surface area contributed by atoms with E-state index in [0.717, 1.165) is 70.2 Å². The van der Waals surface area contributed by atoms with Crippen molar-refractivity contribution in [1.82, 2.24) is 10.2 Å². The van der Waals surface area contributed by atoms with E-state index in [-0.39, 0.29) is 24.1 Å². The van der Waals surface area contributed by atoms with E-state index < -0.39 is 0 Å². The van der Waals surface area contributed by atoms with Crippen LogP contribution in [0.5, 0.6) is 5.75 Å². The van der Waals surface area contributed by atoms with Crippen molar-refractivity contribution in [2.75, 3.05) is 32.9 Å². The average molecular weight is 429 g/mol. The minimum absolute atomic E-state index is 0.0557. The summed E-state index contributed by atoms with van der Waals surface area (Å²) in [7, 11) is 0. The first-order valence-electron chi connectivity index (χ1n) is 12.3. The Kier molecular flexibility index (Phi) is 6.77. The van der Waals surface area contributed by atoms with Crippen LogP contribution in [0, 0.1) is 0 Å². The molecule has 1 saturated carbocycles. The van der Waals surface area contributed by atoms with E-state index in [2.05, 4.69) is 34.5 Å². The third-order valence-corrected chi connectivity index (χ3v) is 7.63. The van der Waals surface area contributed by atoms with Crippen LogP contribution in [0.1, 0.15) is 62.8 Å². The molecule has 1 aromatic carbocycles. The summed E-state index contributed by atoms with van der Waals surface area (Å²) < 4.78 is 18.4. The minimum atomic E-state index is -0.284. The molecule has 0 aromatic heterocycles. The molecule has 6 nitrogen and oxygen atoms in total. The lowest BCUT2D eigenvalue weighted by molar-refractivity contribution is -0.136. The first-order chi connectivity index (χ1) is 15.3. The van der Waals surface area contributed by atoms with Crippen molar-refractivity contribution in [3.05, 3.63) is 29.8 Å². The fraction of sp³-hybridized carbons (Fsp3) is 0.720. The molecule has 0 radical (unpaired) electrons. The van der Waals surface area contributed by atoms with Gasteiger partial charge in [-0.1, -0.05) is 18.2 Å². The van der Waals surface area contributed by atoms with E-state index in [1.807, 2.05) is 0 Å². The summed E-state index contributed by atoms with van der Waals surface area (Å²) in [6.45, 7) is 3.85. The van der Waals surface area contributed by atoms with Gasteiger partial charge in [-0.15, -0.1) is 0 Å². The van der Waals surface area contributed by atoms with E-state index in [0.29, 0.717) is 31.8 Å². The van der Waals surface area contributed by atoms with Gasteiger partial charge >= 0.3 is 0 Å². The number of benzene rings is 1. The molecule has 1 N–H and O–H groups in total. The average Bonchev–Trinajstić information content (AvgIpc) is 3.20. The molecule has 31 heavy (non-hydrogen) atoms. The fourth-order valence-electron chi connectivity index (χ4n) is 5.81. The van der Waals surface area contributed by atoms with Gasteiger partial charge in [0.05, 0.1) is 18.8 Å². The van der Waals surface area contributed by atoms with Crippen molar-refractivity contribution in [3.63, 3.8) is 0 Å². The minimum Gasteiger partial charge on any atom is -0.492 e. The Balaban J connectivity index is 1.28. The maximum atomic E-state index is 12.8. The first-order valence-corrected chi connectivity index (χ1v) is 12.3. The van der Waals surface area contributed by atoms with Gasteiger partial charge in [0.2, 0.25) is 5.91 Å². The molecular weight excluding hydrogens is 392 g/mol. The molecule has 2 bridgehead atoms. The van der Waals surface area contributed by atoms with Crippen LogP contribution in [0.4, 0.5) is 0 Å². The van der Waals surface area contributed by atoms with Crippen LogP contribution in [-0.2, 0) is 14.3 Å². The van der Waals surface area contributed by atoms with Gasteiger partial charge in [-0.05, 0) is 68.9 Å². The zero-order valence-corrected chi connectivity index (χ0v) is 18.5. The number of amides is 1. The van der Waals surface area contributed by atoms with Crippen LogP contribution in [-0.4, -0.2) is 68.0 Å². The Morgan fingerprint density at radius 2 is 1.81 bits per heavy atom. The number of fused-ring (bicyclic) bond motifs is 5. The predicted octanol–water partition coefficient (Wildman–Crippen LogP) is 3.25. The first kappa shape index (κ1) is 21.2. The van der Waals surface area contributed by atoms with E-state index >= 15 is 0 Å². The highest BCUT2D eigenvalue weighted by atomic mass is 16.5. The molecule has 3 fully saturated rings. The maximum absolute atomic E-state index is 12.8. The summed E-state index contributed by atoms with van der Waals surface area (Å²) in [6.07, 6.45) is 8.45. The van der Waals surface area contributed by atoms with Crippen molar-refractivity contribution in [2.24, 2.45) is 0 Å². The molecular formula is C25H36N2O4. The molecule has 0 unspecified atom stereocenters. The van der Waals surface area contributed by atoms with E-state index in [4.69, 9.17) is 14.2 Å². The largest absolute Gasteiger partial charge is 0.492 e. The van der Waals surface area contributed by atoms with Gasteiger partial charge in [0, 0.05) is 25.7 Å². The Morgan fingerprint density at radius 3 is 2.65 bits per heavy atom. The third-order valence-electron chi connectivity index (χ3n) is 7.63. The van der Waals surface area contributed by atoms with Crippen molar-refractivity contribution in [1.29, 1.82) is 0 Å². The Morgan fingerprint density at radius 1 is 0.935 bits per heavy atom. The van der Waals surface area contributed by atoms with E-state index in [1.54, 1.807) is 0 Å². The van der Waals surface area contributed by atoms with Crippen LogP contribution in [0.15, 0.2) is 24.3 Å². The lowest BCUT2D eigenvalue weighted by atomic mass is 9.82. The second kappa shape index (κ2) is 9.88. The van der Waals surface area contributed by atoms with Gasteiger partial charge in [0.1, 0.15) is 18.5 Å². The summed E-state index contributed by atoms with van der Waals surface area (Å²) in [4.78, 5) is 15.2. The molecule has 4 aliphatic heterocycles. The molecule has 6 heteroatoms. The molecule has 1 aromatic rings. The van der Waals surface area contributed by atoms with Gasteiger partial charge < -0.3 is 19.5 Å². The molecule has 0 spiro atoms. The maximum Gasteiger partial charge on any atom is 0.249 e. The van der Waals surface area contributed by atoms with Crippen LogP contribution in [0.3, 0.4) is 0 Å². The van der Waals surface area contributed by atoms with Crippen molar-refractivity contribution in [2.45, 2.75) is 81.6 Å². The normalized spacial score (nSPS) is 34.4.